The molecule has 0 atom stereocenters. The normalized spacial score (nSPS) is 10.9. The van der Waals surface area contributed by atoms with E-state index in [-0.39, 0.29) is 6.03 Å². The van der Waals surface area contributed by atoms with Crippen molar-refractivity contribution in [2.45, 2.75) is 13.5 Å². The van der Waals surface area contributed by atoms with Crippen molar-refractivity contribution >= 4 is 6.03 Å². The van der Waals surface area contributed by atoms with Crippen LogP contribution in [0.1, 0.15) is 11.1 Å². The van der Waals surface area contributed by atoms with Crippen LogP contribution in [0.2, 0.25) is 0 Å². The number of benzene rings is 1. The summed E-state index contributed by atoms with van der Waals surface area (Å²) in [6.45, 7) is 4.28. The molecule has 0 N–H and O–H groups in total. The number of hydrogen-bond donors (Lipinski definition) is 0. The first-order valence-electron chi connectivity index (χ1n) is 7.05. The summed E-state index contributed by atoms with van der Waals surface area (Å²) in [5.74, 6) is 0. The molecule has 2 rings (SSSR count). The van der Waals surface area contributed by atoms with Crippen LogP contribution >= 0.6 is 0 Å². The highest BCUT2D eigenvalue weighted by Crippen LogP contribution is 2.03. The van der Waals surface area contributed by atoms with Gasteiger partial charge in [0.1, 0.15) is 0 Å². The third kappa shape index (κ3) is 4.43. The Morgan fingerprint density at radius 1 is 1.19 bits per heavy atom. The van der Waals surface area contributed by atoms with Crippen molar-refractivity contribution in [2.75, 3.05) is 27.2 Å². The topological polar surface area (TPSA) is 41.4 Å². The minimum absolute atomic E-state index is 0.101. The zero-order valence-corrected chi connectivity index (χ0v) is 12.9. The quantitative estimate of drug-likeness (QED) is 0.846. The van der Waals surface area contributed by atoms with Gasteiger partial charge in [-0.2, -0.15) is 9.78 Å². The summed E-state index contributed by atoms with van der Waals surface area (Å²) < 4.78 is 1.38. The molecule has 0 spiro atoms. The van der Waals surface area contributed by atoms with Crippen LogP contribution in [-0.4, -0.2) is 52.8 Å². The predicted octanol–water partition coefficient (Wildman–Crippen LogP) is 2.22. The number of hydrogen-bond acceptors (Lipinski definition) is 3. The predicted molar refractivity (Wildman–Crippen MR) is 83.2 cm³/mol. The Kier molecular flexibility index (Phi) is 5.11. The lowest BCUT2D eigenvalue weighted by Crippen LogP contribution is -2.37. The second-order valence-electron chi connectivity index (χ2n) is 5.39. The number of likely N-dealkylation sites (N-methyl/N-ethyl adjacent to an activating group) is 2. The number of rotatable bonds is 5. The molecular formula is C16H22N4O. The Balaban J connectivity index is 1.80. The minimum atomic E-state index is -0.101. The molecule has 0 radical (unpaired) electrons. The molecule has 5 heteroatoms. The van der Waals surface area contributed by atoms with Crippen molar-refractivity contribution in [1.82, 2.24) is 19.6 Å². The lowest BCUT2D eigenvalue weighted by molar-refractivity contribution is 0.198. The fourth-order valence-corrected chi connectivity index (χ4v) is 2.08. The van der Waals surface area contributed by atoms with Gasteiger partial charge in [-0.3, -0.25) is 0 Å². The largest absolute Gasteiger partial charge is 0.344 e. The molecule has 21 heavy (non-hydrogen) atoms. The van der Waals surface area contributed by atoms with E-state index in [1.54, 1.807) is 24.3 Å². The molecule has 0 aliphatic heterocycles. The molecule has 1 heterocycles. The van der Waals surface area contributed by atoms with E-state index in [9.17, 15) is 4.79 Å². The van der Waals surface area contributed by atoms with Crippen molar-refractivity contribution in [3.05, 3.63) is 53.9 Å². The SMILES string of the molecule is Cc1cnn(C(=O)N(C)CCN(C)Cc2ccccc2)c1. The molecule has 112 valence electrons. The van der Waals surface area contributed by atoms with Crippen LogP contribution in [0, 0.1) is 6.92 Å². The Bertz CT molecular complexity index is 579. The van der Waals surface area contributed by atoms with Crippen LogP contribution in [0.4, 0.5) is 4.79 Å². The smallest absolute Gasteiger partial charge is 0.325 e. The van der Waals surface area contributed by atoms with Crippen LogP contribution < -0.4 is 0 Å². The Labute approximate surface area is 125 Å². The van der Waals surface area contributed by atoms with Gasteiger partial charge in [-0.25, -0.2) is 4.79 Å². The molecular weight excluding hydrogens is 264 g/mol. The number of carbonyl (C=O) groups excluding carboxylic acids is 1. The van der Waals surface area contributed by atoms with E-state index in [1.807, 2.05) is 25.1 Å². The molecule has 5 nitrogen and oxygen atoms in total. The van der Waals surface area contributed by atoms with Crippen LogP contribution in [0.25, 0.3) is 0 Å². The zero-order chi connectivity index (χ0) is 15.2. The number of nitrogens with zero attached hydrogens (tertiary/aromatic N) is 4. The van der Waals surface area contributed by atoms with Gasteiger partial charge in [0, 0.05) is 32.9 Å². The second kappa shape index (κ2) is 7.04. The average molecular weight is 286 g/mol. The van der Waals surface area contributed by atoms with Gasteiger partial charge in [0.2, 0.25) is 0 Å². The highest BCUT2D eigenvalue weighted by atomic mass is 16.2. The van der Waals surface area contributed by atoms with E-state index in [0.29, 0.717) is 6.54 Å². The minimum Gasteiger partial charge on any atom is -0.325 e. The van der Waals surface area contributed by atoms with Crippen molar-refractivity contribution in [1.29, 1.82) is 0 Å². The Hall–Kier alpha value is -2.14. The summed E-state index contributed by atoms with van der Waals surface area (Å²) in [4.78, 5) is 16.0. The molecule has 0 saturated heterocycles. The maximum Gasteiger partial charge on any atom is 0.344 e. The number of amides is 1. The van der Waals surface area contributed by atoms with Crippen LogP contribution in [-0.2, 0) is 6.54 Å². The molecule has 0 fully saturated rings. The first kappa shape index (κ1) is 15.3. The van der Waals surface area contributed by atoms with Gasteiger partial charge < -0.3 is 9.80 Å². The lowest BCUT2D eigenvalue weighted by Gasteiger charge is -2.22. The maximum absolute atomic E-state index is 12.1. The number of aromatic nitrogens is 2. The van der Waals surface area contributed by atoms with Crippen LogP contribution in [0.15, 0.2) is 42.7 Å². The van der Waals surface area contributed by atoms with E-state index in [4.69, 9.17) is 0 Å². The number of aryl methyl sites for hydroxylation is 1. The maximum atomic E-state index is 12.1. The van der Waals surface area contributed by atoms with Gasteiger partial charge in [-0.1, -0.05) is 30.3 Å². The van der Waals surface area contributed by atoms with Gasteiger partial charge in [-0.15, -0.1) is 0 Å². The summed E-state index contributed by atoms with van der Waals surface area (Å²) in [6.07, 6.45) is 3.43. The molecule has 0 bridgehead atoms. The van der Waals surface area contributed by atoms with Gasteiger partial charge in [-0.05, 0) is 25.1 Å². The molecule has 1 amide bonds. The van der Waals surface area contributed by atoms with Crippen LogP contribution in [0.3, 0.4) is 0 Å². The van der Waals surface area contributed by atoms with E-state index in [1.165, 1.54) is 10.2 Å². The molecule has 0 aliphatic rings. The molecule has 0 saturated carbocycles. The number of carbonyl (C=O) groups is 1. The zero-order valence-electron chi connectivity index (χ0n) is 12.9. The molecule has 0 aliphatic carbocycles. The van der Waals surface area contributed by atoms with Crippen molar-refractivity contribution < 1.29 is 4.79 Å². The molecule has 2 aromatic rings. The third-order valence-corrected chi connectivity index (χ3v) is 3.35. The van der Waals surface area contributed by atoms with Crippen LogP contribution in [0.5, 0.6) is 0 Å². The highest BCUT2D eigenvalue weighted by molar-refractivity contribution is 5.75. The summed E-state index contributed by atoms with van der Waals surface area (Å²) >= 11 is 0. The standard InChI is InChI=1S/C16H22N4O/c1-14-11-17-20(12-14)16(21)19(3)10-9-18(2)13-15-7-5-4-6-8-15/h4-8,11-12H,9-10,13H2,1-3H3. The Morgan fingerprint density at radius 3 is 2.52 bits per heavy atom. The van der Waals surface area contributed by atoms with Gasteiger partial charge in [0.05, 0.1) is 6.20 Å². The monoisotopic (exact) mass is 286 g/mol. The summed E-state index contributed by atoms with van der Waals surface area (Å²) in [7, 11) is 3.86. The fraction of sp³-hybridized carbons (Fsp3) is 0.375. The van der Waals surface area contributed by atoms with E-state index >= 15 is 0 Å². The van der Waals surface area contributed by atoms with Gasteiger partial charge >= 0.3 is 6.03 Å². The molecule has 1 aromatic carbocycles. The van der Waals surface area contributed by atoms with Crippen molar-refractivity contribution in [3.8, 4) is 0 Å². The lowest BCUT2D eigenvalue weighted by atomic mass is 10.2. The third-order valence-electron chi connectivity index (χ3n) is 3.35. The summed E-state index contributed by atoms with van der Waals surface area (Å²) in [6, 6.07) is 10.2. The fourth-order valence-electron chi connectivity index (χ4n) is 2.08. The van der Waals surface area contributed by atoms with Crippen molar-refractivity contribution in [3.63, 3.8) is 0 Å². The summed E-state index contributed by atoms with van der Waals surface area (Å²) in [5, 5.41) is 4.04. The van der Waals surface area contributed by atoms with E-state index < -0.39 is 0 Å². The van der Waals surface area contributed by atoms with Gasteiger partial charge in [0.25, 0.3) is 0 Å². The highest BCUT2D eigenvalue weighted by Gasteiger charge is 2.12. The van der Waals surface area contributed by atoms with E-state index in [2.05, 4.69) is 29.2 Å². The first-order valence-corrected chi connectivity index (χ1v) is 7.05. The molecule has 0 unspecified atom stereocenters. The first-order chi connectivity index (χ1) is 10.1. The summed E-state index contributed by atoms with van der Waals surface area (Å²) in [5.41, 5.74) is 2.26. The second-order valence-corrected chi connectivity index (χ2v) is 5.39. The molecule has 1 aromatic heterocycles. The van der Waals surface area contributed by atoms with Crippen molar-refractivity contribution in [2.24, 2.45) is 0 Å². The van der Waals surface area contributed by atoms with Gasteiger partial charge in [0.15, 0.2) is 0 Å². The average Bonchev–Trinajstić information content (AvgIpc) is 2.91. The van der Waals surface area contributed by atoms with E-state index in [0.717, 1.165) is 18.7 Å². The Morgan fingerprint density at radius 2 is 1.90 bits per heavy atom.